The van der Waals surface area contributed by atoms with Crippen molar-refractivity contribution in [3.05, 3.63) is 82.7 Å². The summed E-state index contributed by atoms with van der Waals surface area (Å²) in [6.07, 6.45) is -0.461. The number of hydrogen-bond donors (Lipinski definition) is 0. The maximum atomic E-state index is 15.1. The van der Waals surface area contributed by atoms with E-state index in [0.29, 0.717) is 5.56 Å². The highest BCUT2D eigenvalue weighted by Crippen LogP contribution is 2.40. The van der Waals surface area contributed by atoms with Gasteiger partial charge in [0.05, 0.1) is 0 Å². The Morgan fingerprint density at radius 3 is 1.92 bits per heavy atom. The van der Waals surface area contributed by atoms with Gasteiger partial charge in [-0.2, -0.15) is 14.9 Å². The molecule has 0 radical (unpaired) electrons. The van der Waals surface area contributed by atoms with Crippen molar-refractivity contribution in [3.8, 4) is 34.8 Å². The quantitative estimate of drug-likeness (QED) is 0.258. The molecule has 0 spiro atoms. The van der Waals surface area contributed by atoms with Crippen molar-refractivity contribution in [1.29, 1.82) is 10.5 Å². The van der Waals surface area contributed by atoms with Gasteiger partial charge in [-0.1, -0.05) is 70.2 Å². The molecule has 0 bridgehead atoms. The van der Waals surface area contributed by atoms with Crippen LogP contribution in [0.25, 0.3) is 11.1 Å². The summed E-state index contributed by atoms with van der Waals surface area (Å²) >= 11 is 0. The SMILES string of the molecule is CC(C)C(OC(=O)c1cccc(-c2ccccc2)c1Oc1c(F)c(F)c(C#N)c(C#N)c1F)C(C)C. The highest BCUT2D eigenvalue weighted by Gasteiger charge is 2.30. The number of halogens is 3. The molecule has 0 aliphatic heterocycles. The van der Waals surface area contributed by atoms with Crippen LogP contribution in [0.3, 0.4) is 0 Å². The Hall–Kier alpha value is -4.30. The lowest BCUT2D eigenvalue weighted by Gasteiger charge is -2.25. The van der Waals surface area contributed by atoms with Crippen molar-refractivity contribution in [2.24, 2.45) is 11.8 Å². The molecular formula is C28H23F3N2O3. The first-order valence-corrected chi connectivity index (χ1v) is 11.2. The number of nitrogens with zero attached hydrogens (tertiary/aromatic N) is 2. The Bertz CT molecular complexity index is 1370. The predicted octanol–water partition coefficient (Wildman–Crippen LogP) is 7.14. The van der Waals surface area contributed by atoms with Crippen LogP contribution in [-0.4, -0.2) is 12.1 Å². The summed E-state index contributed by atoms with van der Waals surface area (Å²) in [6.45, 7) is 7.57. The Balaban J connectivity index is 2.25. The second kappa shape index (κ2) is 11.0. The van der Waals surface area contributed by atoms with Gasteiger partial charge in [-0.25, -0.2) is 13.6 Å². The fourth-order valence-electron chi connectivity index (χ4n) is 3.92. The maximum absolute atomic E-state index is 15.1. The molecule has 0 aliphatic rings. The summed E-state index contributed by atoms with van der Waals surface area (Å²) in [4.78, 5) is 13.3. The molecule has 0 unspecified atom stereocenters. The van der Waals surface area contributed by atoms with E-state index in [1.807, 2.05) is 27.7 Å². The lowest BCUT2D eigenvalue weighted by atomic mass is 9.96. The summed E-state index contributed by atoms with van der Waals surface area (Å²) < 4.78 is 55.8. The molecule has 0 heterocycles. The molecule has 3 aromatic carbocycles. The number of carbonyl (C=O) groups excluding carboxylic acids is 1. The third-order valence-corrected chi connectivity index (χ3v) is 5.59. The largest absolute Gasteiger partial charge is 0.458 e. The third-order valence-electron chi connectivity index (χ3n) is 5.59. The van der Waals surface area contributed by atoms with E-state index in [-0.39, 0.29) is 28.7 Å². The molecule has 0 saturated carbocycles. The molecule has 0 N–H and O–H groups in total. The van der Waals surface area contributed by atoms with Crippen molar-refractivity contribution in [2.45, 2.75) is 33.8 Å². The molecule has 36 heavy (non-hydrogen) atoms. The fourth-order valence-corrected chi connectivity index (χ4v) is 3.92. The molecule has 0 fully saturated rings. The van der Waals surface area contributed by atoms with Gasteiger partial charge in [0.25, 0.3) is 0 Å². The number of benzene rings is 3. The molecule has 3 aromatic rings. The molecule has 0 amide bonds. The van der Waals surface area contributed by atoms with Gasteiger partial charge < -0.3 is 9.47 Å². The summed E-state index contributed by atoms with van der Waals surface area (Å²) in [6, 6.07) is 15.7. The van der Waals surface area contributed by atoms with Crippen molar-refractivity contribution in [1.82, 2.24) is 0 Å². The number of rotatable bonds is 7. The van der Waals surface area contributed by atoms with Gasteiger partial charge in [0.15, 0.2) is 11.6 Å². The molecule has 0 saturated heterocycles. The van der Waals surface area contributed by atoms with E-state index in [2.05, 4.69) is 0 Å². The number of ether oxygens (including phenoxy) is 2. The number of nitriles is 2. The highest BCUT2D eigenvalue weighted by atomic mass is 19.2. The molecular weight excluding hydrogens is 469 g/mol. The Kier molecular flexibility index (Phi) is 8.01. The summed E-state index contributed by atoms with van der Waals surface area (Å²) in [5.41, 5.74) is -1.41. The second-order valence-electron chi connectivity index (χ2n) is 8.75. The molecule has 5 nitrogen and oxygen atoms in total. The van der Waals surface area contributed by atoms with Crippen molar-refractivity contribution in [2.75, 3.05) is 0 Å². The van der Waals surface area contributed by atoms with Crippen molar-refractivity contribution < 1.29 is 27.4 Å². The number of esters is 1. The summed E-state index contributed by atoms with van der Waals surface area (Å²) in [5, 5.41) is 18.3. The van der Waals surface area contributed by atoms with E-state index in [1.54, 1.807) is 42.5 Å². The topological polar surface area (TPSA) is 83.1 Å². The van der Waals surface area contributed by atoms with Crippen LogP contribution >= 0.6 is 0 Å². The smallest absolute Gasteiger partial charge is 0.342 e. The second-order valence-corrected chi connectivity index (χ2v) is 8.75. The Morgan fingerprint density at radius 2 is 1.36 bits per heavy atom. The van der Waals surface area contributed by atoms with Crippen molar-refractivity contribution >= 4 is 5.97 Å². The van der Waals surface area contributed by atoms with Gasteiger partial charge in [0.1, 0.15) is 40.7 Å². The highest BCUT2D eigenvalue weighted by molar-refractivity contribution is 5.96. The van der Waals surface area contributed by atoms with Crippen LogP contribution in [0.4, 0.5) is 13.2 Å². The molecule has 184 valence electrons. The number of hydrogen-bond acceptors (Lipinski definition) is 5. The maximum Gasteiger partial charge on any atom is 0.342 e. The van der Waals surface area contributed by atoms with Crippen LogP contribution in [0.1, 0.15) is 49.2 Å². The predicted molar refractivity (Wildman–Crippen MR) is 127 cm³/mol. The van der Waals surface area contributed by atoms with Gasteiger partial charge in [-0.3, -0.25) is 0 Å². The van der Waals surface area contributed by atoms with Crippen molar-refractivity contribution in [3.63, 3.8) is 0 Å². The number of para-hydroxylation sites is 1. The Morgan fingerprint density at radius 1 is 0.778 bits per heavy atom. The first-order chi connectivity index (χ1) is 17.1. The monoisotopic (exact) mass is 492 g/mol. The zero-order chi connectivity index (χ0) is 26.6. The minimum Gasteiger partial charge on any atom is -0.458 e. The minimum atomic E-state index is -1.80. The molecule has 0 atom stereocenters. The van der Waals surface area contributed by atoms with E-state index in [0.717, 1.165) is 0 Å². The standard InChI is InChI=1S/C28H23F3N2O3/c1-15(2)25(16(3)4)36-28(34)19-12-8-11-18(17-9-6-5-7-10-17)26(19)35-27-23(30)21(14-33)20(13-32)22(29)24(27)31/h5-12,15-16,25H,1-4H3. The first-order valence-electron chi connectivity index (χ1n) is 11.2. The van der Waals surface area contributed by atoms with E-state index >= 15 is 4.39 Å². The molecule has 0 aliphatic carbocycles. The number of carbonyl (C=O) groups is 1. The van der Waals surface area contributed by atoms with E-state index in [1.165, 1.54) is 18.2 Å². The molecule has 0 aromatic heterocycles. The lowest BCUT2D eigenvalue weighted by Crippen LogP contribution is -2.29. The average molecular weight is 492 g/mol. The average Bonchev–Trinajstić information content (AvgIpc) is 2.86. The third kappa shape index (κ3) is 5.04. The van der Waals surface area contributed by atoms with Gasteiger partial charge in [0.2, 0.25) is 11.6 Å². The van der Waals surface area contributed by atoms with Crippen LogP contribution < -0.4 is 4.74 Å². The minimum absolute atomic E-state index is 0.0173. The van der Waals surface area contributed by atoms with Crippen LogP contribution in [0, 0.1) is 51.9 Å². The van der Waals surface area contributed by atoms with E-state index in [4.69, 9.17) is 14.7 Å². The Labute approximate surface area is 207 Å². The first kappa shape index (κ1) is 26.3. The summed E-state index contributed by atoms with van der Waals surface area (Å²) in [5.74, 6) is -7.45. The van der Waals surface area contributed by atoms with Crippen LogP contribution in [0.2, 0.25) is 0 Å². The zero-order valence-corrected chi connectivity index (χ0v) is 20.1. The molecule has 3 rings (SSSR count). The van der Waals surface area contributed by atoms with Gasteiger partial charge in [0, 0.05) is 5.56 Å². The van der Waals surface area contributed by atoms with Gasteiger partial charge in [-0.15, -0.1) is 0 Å². The zero-order valence-electron chi connectivity index (χ0n) is 20.1. The normalized spacial score (nSPS) is 10.9. The molecule has 8 heteroatoms. The van der Waals surface area contributed by atoms with E-state index in [9.17, 15) is 18.8 Å². The van der Waals surface area contributed by atoms with Gasteiger partial charge >= 0.3 is 5.97 Å². The summed E-state index contributed by atoms with van der Waals surface area (Å²) in [7, 11) is 0. The van der Waals surface area contributed by atoms with Crippen LogP contribution in [0.15, 0.2) is 48.5 Å². The van der Waals surface area contributed by atoms with E-state index < -0.39 is 46.4 Å². The van der Waals surface area contributed by atoms with Crippen LogP contribution in [0.5, 0.6) is 11.5 Å². The van der Waals surface area contributed by atoms with Crippen LogP contribution in [-0.2, 0) is 4.74 Å². The lowest BCUT2D eigenvalue weighted by molar-refractivity contribution is 0.00300. The fraction of sp³-hybridized carbons (Fsp3) is 0.250. The van der Waals surface area contributed by atoms with Gasteiger partial charge in [-0.05, 0) is 23.5 Å².